The number of rotatable bonds is 2. The minimum atomic E-state index is -0.600. The maximum absolute atomic E-state index is 10.4. The summed E-state index contributed by atoms with van der Waals surface area (Å²) in [4.78, 5) is 0. The molecule has 0 saturated carbocycles. The Labute approximate surface area is 136 Å². The first-order valence-electron chi connectivity index (χ1n) is 6.56. The smallest absolute Gasteiger partial charge is 0.132 e. The average molecular weight is 370 g/mol. The molecule has 2 atom stereocenters. The number of methoxy groups -OCH3 is 1. The lowest BCUT2D eigenvalue weighted by molar-refractivity contribution is 0.0645. The van der Waals surface area contributed by atoms with Crippen molar-refractivity contribution < 1.29 is 14.6 Å². The third-order valence-corrected chi connectivity index (χ3v) is 4.42. The molecular formula is C16H14BrClO3. The number of benzene rings is 2. The van der Waals surface area contributed by atoms with Crippen LogP contribution in [0.25, 0.3) is 0 Å². The van der Waals surface area contributed by atoms with Crippen LogP contribution in [0.3, 0.4) is 0 Å². The van der Waals surface area contributed by atoms with Crippen LogP contribution < -0.4 is 9.47 Å². The highest BCUT2D eigenvalue weighted by Gasteiger charge is 2.31. The monoisotopic (exact) mass is 368 g/mol. The number of aliphatic hydroxyl groups excluding tert-OH is 1. The first-order valence-corrected chi connectivity index (χ1v) is 7.74. The highest BCUT2D eigenvalue weighted by molar-refractivity contribution is 9.10. The summed E-state index contributed by atoms with van der Waals surface area (Å²) < 4.78 is 12.3. The molecule has 1 aliphatic rings. The molecule has 2 aromatic rings. The second kappa shape index (κ2) is 5.87. The molecule has 0 spiro atoms. The zero-order valence-corrected chi connectivity index (χ0v) is 13.7. The predicted octanol–water partition coefficient (Wildman–Crippen LogP) is 4.67. The van der Waals surface area contributed by atoms with Crippen molar-refractivity contribution in [2.24, 2.45) is 0 Å². The molecule has 1 heterocycles. The van der Waals surface area contributed by atoms with E-state index in [4.69, 9.17) is 21.1 Å². The highest BCUT2D eigenvalue weighted by Crippen LogP contribution is 2.45. The molecule has 1 aliphatic heterocycles. The maximum Gasteiger partial charge on any atom is 0.132 e. The van der Waals surface area contributed by atoms with Crippen molar-refractivity contribution in [3.05, 3.63) is 57.0 Å². The van der Waals surface area contributed by atoms with Crippen LogP contribution in [-0.2, 0) is 0 Å². The van der Waals surface area contributed by atoms with Gasteiger partial charge in [-0.15, -0.1) is 0 Å². The Hall–Kier alpha value is -1.23. The SMILES string of the molecule is COc1cccc(Cl)c1C1C[C@@H](O)c2cc(Br)ccc2O1. The quantitative estimate of drug-likeness (QED) is 0.836. The van der Waals surface area contributed by atoms with E-state index in [1.54, 1.807) is 13.2 Å². The molecule has 0 fully saturated rings. The fourth-order valence-corrected chi connectivity index (χ4v) is 3.27. The van der Waals surface area contributed by atoms with Gasteiger partial charge in [0, 0.05) is 16.5 Å². The first kappa shape index (κ1) is 14.7. The summed E-state index contributed by atoms with van der Waals surface area (Å²) in [7, 11) is 1.60. The lowest BCUT2D eigenvalue weighted by atomic mass is 9.94. The zero-order chi connectivity index (χ0) is 15.0. The van der Waals surface area contributed by atoms with Crippen molar-refractivity contribution in [2.75, 3.05) is 7.11 Å². The summed E-state index contributed by atoms with van der Waals surface area (Å²) in [6.45, 7) is 0. The van der Waals surface area contributed by atoms with Crippen LogP contribution in [-0.4, -0.2) is 12.2 Å². The number of fused-ring (bicyclic) bond motifs is 1. The van der Waals surface area contributed by atoms with Gasteiger partial charge in [-0.1, -0.05) is 33.6 Å². The molecule has 1 unspecified atom stereocenters. The second-order valence-corrected chi connectivity index (χ2v) is 6.22. The van der Waals surface area contributed by atoms with Gasteiger partial charge < -0.3 is 14.6 Å². The standard InChI is InChI=1S/C16H14BrClO3/c1-20-14-4-2-3-11(18)16(14)15-8-12(19)10-7-9(17)5-6-13(10)21-15/h2-7,12,15,19H,8H2,1H3/t12-,15?/m1/s1. The van der Waals surface area contributed by atoms with Crippen LogP contribution in [0.4, 0.5) is 0 Å². The van der Waals surface area contributed by atoms with Gasteiger partial charge in [0.05, 0.1) is 23.8 Å². The fourth-order valence-electron chi connectivity index (χ4n) is 2.60. The van der Waals surface area contributed by atoms with Crippen LogP contribution >= 0.6 is 27.5 Å². The van der Waals surface area contributed by atoms with E-state index in [9.17, 15) is 5.11 Å². The number of hydrogen-bond donors (Lipinski definition) is 1. The fraction of sp³-hybridized carbons (Fsp3) is 0.250. The molecule has 0 bridgehead atoms. The third kappa shape index (κ3) is 2.76. The van der Waals surface area contributed by atoms with E-state index in [-0.39, 0.29) is 6.10 Å². The molecule has 3 rings (SSSR count). The minimum Gasteiger partial charge on any atom is -0.496 e. The number of hydrogen-bond acceptors (Lipinski definition) is 3. The molecule has 0 amide bonds. The van der Waals surface area contributed by atoms with Crippen LogP contribution in [0.15, 0.2) is 40.9 Å². The van der Waals surface area contributed by atoms with Crippen LogP contribution in [0.1, 0.15) is 29.8 Å². The van der Waals surface area contributed by atoms with Crippen LogP contribution in [0.5, 0.6) is 11.5 Å². The van der Waals surface area contributed by atoms with Crippen molar-refractivity contribution in [1.82, 2.24) is 0 Å². The average Bonchev–Trinajstić information content (AvgIpc) is 2.47. The van der Waals surface area contributed by atoms with E-state index in [0.29, 0.717) is 22.9 Å². The molecule has 0 aromatic heterocycles. The third-order valence-electron chi connectivity index (χ3n) is 3.59. The Bertz CT molecular complexity index is 675. The number of halogens is 2. The Kier molecular flexibility index (Phi) is 4.11. The Morgan fingerprint density at radius 1 is 1.33 bits per heavy atom. The molecule has 5 heteroatoms. The van der Waals surface area contributed by atoms with E-state index in [2.05, 4.69) is 15.9 Å². The van der Waals surface area contributed by atoms with Crippen LogP contribution in [0.2, 0.25) is 5.02 Å². The summed E-state index contributed by atoms with van der Waals surface area (Å²) in [5.41, 5.74) is 1.56. The van der Waals surface area contributed by atoms with Gasteiger partial charge in [-0.3, -0.25) is 0 Å². The predicted molar refractivity (Wildman–Crippen MR) is 85.1 cm³/mol. The van der Waals surface area contributed by atoms with Gasteiger partial charge in [-0.05, 0) is 30.3 Å². The van der Waals surface area contributed by atoms with Gasteiger partial charge in [-0.2, -0.15) is 0 Å². The van der Waals surface area contributed by atoms with Gasteiger partial charge in [0.25, 0.3) is 0 Å². The summed E-state index contributed by atoms with van der Waals surface area (Å²) in [6.07, 6.45) is -0.502. The van der Waals surface area contributed by atoms with Crippen molar-refractivity contribution >= 4 is 27.5 Å². The maximum atomic E-state index is 10.4. The molecular weight excluding hydrogens is 356 g/mol. The highest BCUT2D eigenvalue weighted by atomic mass is 79.9. The van der Waals surface area contributed by atoms with Crippen molar-refractivity contribution in [1.29, 1.82) is 0 Å². The molecule has 0 saturated heterocycles. The minimum absolute atomic E-state index is 0.336. The molecule has 1 N–H and O–H groups in total. The van der Waals surface area contributed by atoms with E-state index < -0.39 is 6.10 Å². The topological polar surface area (TPSA) is 38.7 Å². The van der Waals surface area contributed by atoms with E-state index in [1.165, 1.54) is 0 Å². The lowest BCUT2D eigenvalue weighted by Gasteiger charge is -2.31. The van der Waals surface area contributed by atoms with Crippen molar-refractivity contribution in [3.8, 4) is 11.5 Å². The Morgan fingerprint density at radius 2 is 2.14 bits per heavy atom. The number of ether oxygens (including phenoxy) is 2. The van der Waals surface area contributed by atoms with Crippen molar-refractivity contribution in [3.63, 3.8) is 0 Å². The Balaban J connectivity index is 2.02. The van der Waals surface area contributed by atoms with Crippen molar-refractivity contribution in [2.45, 2.75) is 18.6 Å². The molecule has 2 aromatic carbocycles. The molecule has 110 valence electrons. The summed E-state index contributed by atoms with van der Waals surface area (Å²) in [6, 6.07) is 11.1. The van der Waals surface area contributed by atoms with Gasteiger partial charge in [0.15, 0.2) is 0 Å². The zero-order valence-electron chi connectivity index (χ0n) is 11.3. The van der Waals surface area contributed by atoms with E-state index >= 15 is 0 Å². The molecule has 0 aliphatic carbocycles. The largest absolute Gasteiger partial charge is 0.496 e. The Morgan fingerprint density at radius 3 is 2.90 bits per heavy atom. The molecule has 0 radical (unpaired) electrons. The van der Waals surface area contributed by atoms with Gasteiger partial charge in [0.1, 0.15) is 17.6 Å². The number of aliphatic hydroxyl groups is 1. The molecule has 21 heavy (non-hydrogen) atoms. The summed E-state index contributed by atoms with van der Waals surface area (Å²) in [5, 5.41) is 11.0. The van der Waals surface area contributed by atoms with Gasteiger partial charge in [-0.25, -0.2) is 0 Å². The second-order valence-electron chi connectivity index (χ2n) is 4.90. The van der Waals surface area contributed by atoms with Crippen LogP contribution in [0, 0.1) is 0 Å². The normalized spacial score (nSPS) is 20.6. The lowest BCUT2D eigenvalue weighted by Crippen LogP contribution is -2.20. The summed E-state index contributed by atoms with van der Waals surface area (Å²) >= 11 is 9.70. The van der Waals surface area contributed by atoms with Gasteiger partial charge >= 0.3 is 0 Å². The first-order chi connectivity index (χ1) is 10.1. The van der Waals surface area contributed by atoms with E-state index in [1.807, 2.05) is 30.3 Å². The molecule has 3 nitrogen and oxygen atoms in total. The summed E-state index contributed by atoms with van der Waals surface area (Å²) in [5.74, 6) is 1.34. The van der Waals surface area contributed by atoms with E-state index in [0.717, 1.165) is 15.6 Å². The van der Waals surface area contributed by atoms with Gasteiger partial charge in [0.2, 0.25) is 0 Å².